The zero-order valence-electron chi connectivity index (χ0n) is 23.6. The predicted molar refractivity (Wildman–Crippen MR) is 162 cm³/mol. The van der Waals surface area contributed by atoms with Crippen molar-refractivity contribution in [2.24, 2.45) is 0 Å². The van der Waals surface area contributed by atoms with Crippen LogP contribution in [0.1, 0.15) is 34.9 Å². The number of ether oxygens (including phenoxy) is 1. The van der Waals surface area contributed by atoms with Crippen molar-refractivity contribution in [3.8, 4) is 5.75 Å². The smallest absolute Gasteiger partial charge is 0.247 e. The molecule has 0 fully saturated rings. The van der Waals surface area contributed by atoms with Crippen molar-refractivity contribution >= 4 is 46.5 Å². The fourth-order valence-corrected chi connectivity index (χ4v) is 4.84. The summed E-state index contributed by atoms with van der Waals surface area (Å²) in [6.45, 7) is 6.41. The van der Waals surface area contributed by atoms with Crippen LogP contribution in [-0.4, -0.2) is 61.5 Å². The van der Waals surface area contributed by atoms with E-state index in [-0.39, 0.29) is 18.2 Å². The average Bonchev–Trinajstić information content (AvgIpc) is 2.95. The van der Waals surface area contributed by atoms with Gasteiger partial charge in [-0.25, -0.2) is 9.97 Å². The zero-order chi connectivity index (χ0) is 29.4. The predicted octanol–water partition coefficient (Wildman–Crippen LogP) is 5.38. The summed E-state index contributed by atoms with van der Waals surface area (Å²) in [6, 6.07) is 9.51. The SMILES string of the molecule is C=CC(=O)Nc1ccc(CCN(C)C)cc1Cc1cc(N(C)C(=O)Cc2c(Cl)c(CC)cc(OC)c2Cl)ncn1. The molecule has 0 aliphatic heterocycles. The van der Waals surface area contributed by atoms with Crippen molar-refractivity contribution < 1.29 is 14.3 Å². The van der Waals surface area contributed by atoms with E-state index in [1.807, 2.05) is 33.2 Å². The monoisotopic (exact) mass is 583 g/mol. The van der Waals surface area contributed by atoms with Gasteiger partial charge in [0, 0.05) is 42.4 Å². The van der Waals surface area contributed by atoms with Crippen LogP contribution in [0.5, 0.6) is 5.75 Å². The number of benzene rings is 2. The van der Waals surface area contributed by atoms with E-state index in [1.54, 1.807) is 19.2 Å². The van der Waals surface area contributed by atoms with Crippen LogP contribution >= 0.6 is 23.2 Å². The van der Waals surface area contributed by atoms with Gasteiger partial charge in [0.1, 0.15) is 17.9 Å². The van der Waals surface area contributed by atoms with Crippen LogP contribution in [0.4, 0.5) is 11.5 Å². The normalized spacial score (nSPS) is 10.9. The van der Waals surface area contributed by atoms with Gasteiger partial charge in [-0.3, -0.25) is 14.5 Å². The van der Waals surface area contributed by atoms with Crippen LogP contribution < -0.4 is 15.0 Å². The van der Waals surface area contributed by atoms with Gasteiger partial charge in [-0.05, 0) is 61.8 Å². The lowest BCUT2D eigenvalue weighted by molar-refractivity contribution is -0.117. The number of aromatic nitrogens is 2. The van der Waals surface area contributed by atoms with E-state index < -0.39 is 0 Å². The summed E-state index contributed by atoms with van der Waals surface area (Å²) in [4.78, 5) is 37.7. The molecule has 0 aliphatic carbocycles. The molecule has 1 aromatic heterocycles. The molecule has 40 heavy (non-hydrogen) atoms. The Morgan fingerprint density at radius 3 is 2.48 bits per heavy atom. The number of carbonyl (C=O) groups excluding carboxylic acids is 2. The molecule has 2 aromatic carbocycles. The highest BCUT2D eigenvalue weighted by molar-refractivity contribution is 6.37. The minimum absolute atomic E-state index is 0.0244. The molecule has 0 bridgehead atoms. The van der Waals surface area contributed by atoms with E-state index >= 15 is 0 Å². The summed E-state index contributed by atoms with van der Waals surface area (Å²) in [5.41, 5.74) is 4.77. The molecule has 8 nitrogen and oxygen atoms in total. The summed E-state index contributed by atoms with van der Waals surface area (Å²) in [5.74, 6) is 0.372. The highest BCUT2D eigenvalue weighted by Crippen LogP contribution is 2.37. The van der Waals surface area contributed by atoms with Crippen molar-refractivity contribution in [3.63, 3.8) is 0 Å². The highest BCUT2D eigenvalue weighted by Gasteiger charge is 2.21. The molecule has 0 saturated carbocycles. The molecule has 10 heteroatoms. The molecule has 3 aromatic rings. The number of halogens is 2. The number of amides is 2. The van der Waals surface area contributed by atoms with Gasteiger partial charge < -0.3 is 15.0 Å². The lowest BCUT2D eigenvalue weighted by Gasteiger charge is -2.19. The van der Waals surface area contributed by atoms with Crippen molar-refractivity contribution in [2.75, 3.05) is 45.0 Å². The van der Waals surface area contributed by atoms with Crippen molar-refractivity contribution in [1.29, 1.82) is 0 Å². The molecule has 0 spiro atoms. The number of hydrogen-bond acceptors (Lipinski definition) is 6. The maximum absolute atomic E-state index is 13.3. The standard InChI is InChI=1S/C30H35Cl2N5O3/c1-7-20-15-25(40-6)30(32)23(29(20)31)17-28(39)37(5)26-16-22(33-18-34-26)14-21-13-19(11-12-36(3)4)9-10-24(21)35-27(38)8-2/h8-10,13,15-16,18H,2,7,11-12,14,17H2,1,3-6H3,(H,35,38). The fraction of sp³-hybridized carbons (Fsp3) is 0.333. The Morgan fingerprint density at radius 1 is 1.07 bits per heavy atom. The molecular formula is C30H35Cl2N5O3. The second-order valence-electron chi connectivity index (χ2n) is 9.61. The molecule has 1 N–H and O–H groups in total. The number of aryl methyl sites for hydroxylation is 1. The summed E-state index contributed by atoms with van der Waals surface area (Å²) < 4.78 is 5.39. The molecule has 0 radical (unpaired) electrons. The van der Waals surface area contributed by atoms with Gasteiger partial charge in [0.25, 0.3) is 0 Å². The number of hydrogen-bond donors (Lipinski definition) is 1. The third-order valence-electron chi connectivity index (χ3n) is 6.52. The Hall–Kier alpha value is -3.46. The van der Waals surface area contributed by atoms with Crippen molar-refractivity contribution in [1.82, 2.24) is 14.9 Å². The topological polar surface area (TPSA) is 87.7 Å². The number of rotatable bonds is 12. The first kappa shape index (κ1) is 31.1. The van der Waals surface area contributed by atoms with Crippen LogP contribution in [-0.2, 0) is 35.3 Å². The first-order chi connectivity index (χ1) is 19.1. The molecule has 2 amide bonds. The van der Waals surface area contributed by atoms with Crippen LogP contribution in [0.25, 0.3) is 0 Å². The van der Waals surface area contributed by atoms with Crippen molar-refractivity contribution in [2.45, 2.75) is 32.6 Å². The minimum atomic E-state index is -0.294. The van der Waals surface area contributed by atoms with Crippen LogP contribution in [0.2, 0.25) is 10.0 Å². The lowest BCUT2D eigenvalue weighted by atomic mass is 10.0. The summed E-state index contributed by atoms with van der Waals surface area (Å²) in [6.07, 6.45) is 4.59. The van der Waals surface area contributed by atoms with Crippen LogP contribution in [0, 0.1) is 0 Å². The number of likely N-dealkylation sites (N-methyl/N-ethyl adjacent to an activating group) is 2. The van der Waals surface area contributed by atoms with Gasteiger partial charge in [-0.15, -0.1) is 0 Å². The summed E-state index contributed by atoms with van der Waals surface area (Å²) >= 11 is 13.1. The summed E-state index contributed by atoms with van der Waals surface area (Å²) in [7, 11) is 7.23. The van der Waals surface area contributed by atoms with Gasteiger partial charge in [0.15, 0.2) is 0 Å². The molecule has 1 heterocycles. The van der Waals surface area contributed by atoms with E-state index in [9.17, 15) is 9.59 Å². The number of nitrogens with one attached hydrogen (secondary N) is 1. The second-order valence-corrected chi connectivity index (χ2v) is 10.4. The lowest BCUT2D eigenvalue weighted by Crippen LogP contribution is -2.29. The number of anilines is 2. The average molecular weight is 585 g/mol. The zero-order valence-corrected chi connectivity index (χ0v) is 25.1. The van der Waals surface area contributed by atoms with Crippen LogP contribution in [0.15, 0.2) is 49.3 Å². The second kappa shape index (κ2) is 14.3. The molecule has 0 saturated heterocycles. The van der Waals surface area contributed by atoms with E-state index in [0.717, 1.165) is 29.7 Å². The quantitative estimate of drug-likeness (QED) is 0.288. The maximum atomic E-state index is 13.3. The van der Waals surface area contributed by atoms with E-state index in [1.165, 1.54) is 24.4 Å². The van der Waals surface area contributed by atoms with E-state index in [0.29, 0.717) is 51.4 Å². The largest absolute Gasteiger partial charge is 0.495 e. The molecular weight excluding hydrogens is 549 g/mol. The van der Waals surface area contributed by atoms with Gasteiger partial charge in [0.2, 0.25) is 11.8 Å². The fourth-order valence-electron chi connectivity index (χ4n) is 4.15. The molecule has 0 atom stereocenters. The van der Waals surface area contributed by atoms with Gasteiger partial charge in [0.05, 0.1) is 24.2 Å². The Balaban J connectivity index is 1.87. The number of methoxy groups -OCH3 is 1. The molecule has 0 aliphatic rings. The van der Waals surface area contributed by atoms with Gasteiger partial charge >= 0.3 is 0 Å². The number of nitrogens with zero attached hydrogens (tertiary/aromatic N) is 4. The third kappa shape index (κ3) is 7.81. The summed E-state index contributed by atoms with van der Waals surface area (Å²) in [5, 5.41) is 3.65. The first-order valence-corrected chi connectivity index (χ1v) is 13.6. The highest BCUT2D eigenvalue weighted by atomic mass is 35.5. The van der Waals surface area contributed by atoms with Crippen LogP contribution in [0.3, 0.4) is 0 Å². The van der Waals surface area contributed by atoms with E-state index in [4.69, 9.17) is 27.9 Å². The molecule has 3 rings (SSSR count). The molecule has 0 unspecified atom stereocenters. The molecule has 212 valence electrons. The maximum Gasteiger partial charge on any atom is 0.247 e. The van der Waals surface area contributed by atoms with Gasteiger partial charge in [-0.1, -0.05) is 48.8 Å². The van der Waals surface area contributed by atoms with Crippen molar-refractivity contribution in [3.05, 3.63) is 87.3 Å². The Morgan fingerprint density at radius 2 is 1.82 bits per heavy atom. The Labute approximate surface area is 246 Å². The minimum Gasteiger partial charge on any atom is -0.495 e. The van der Waals surface area contributed by atoms with E-state index in [2.05, 4.69) is 32.8 Å². The number of carbonyl (C=O) groups is 2. The Bertz CT molecular complexity index is 1370. The van der Waals surface area contributed by atoms with Gasteiger partial charge in [-0.2, -0.15) is 0 Å². The first-order valence-electron chi connectivity index (χ1n) is 12.9. The Kier molecular flexibility index (Phi) is 11.1. The third-order valence-corrected chi connectivity index (χ3v) is 7.41.